The molecule has 0 aliphatic carbocycles. The third-order valence-corrected chi connectivity index (χ3v) is 4.06. The van der Waals surface area contributed by atoms with E-state index in [4.69, 9.17) is 0 Å². The quantitative estimate of drug-likeness (QED) is 0.701. The number of carbonyl (C=O) groups excluding carboxylic acids is 1. The highest BCUT2D eigenvalue weighted by atomic mass is 16.2. The van der Waals surface area contributed by atoms with Crippen molar-refractivity contribution in [1.29, 1.82) is 0 Å². The Labute approximate surface area is 155 Å². The summed E-state index contributed by atoms with van der Waals surface area (Å²) in [6.45, 7) is 2.23. The summed E-state index contributed by atoms with van der Waals surface area (Å²) in [4.78, 5) is 42.8. The van der Waals surface area contributed by atoms with Gasteiger partial charge in [-0.2, -0.15) is 0 Å². The minimum Gasteiger partial charge on any atom is -0.326 e. The first kappa shape index (κ1) is 18.3. The molecule has 0 atom stereocenters. The average Bonchev–Trinajstić information content (AvgIpc) is 2.67. The summed E-state index contributed by atoms with van der Waals surface area (Å²) in [6, 6.07) is 13.5. The Balaban J connectivity index is 1.71. The van der Waals surface area contributed by atoms with Gasteiger partial charge in [-0.05, 0) is 24.6 Å². The lowest BCUT2D eigenvalue weighted by Gasteiger charge is -2.09. The second kappa shape index (κ2) is 8.27. The number of amides is 1. The van der Waals surface area contributed by atoms with Crippen LogP contribution in [0.4, 0.5) is 5.69 Å². The minimum atomic E-state index is -0.209. The van der Waals surface area contributed by atoms with Gasteiger partial charge in [-0.3, -0.25) is 14.4 Å². The van der Waals surface area contributed by atoms with E-state index in [9.17, 15) is 14.4 Å². The zero-order valence-electron chi connectivity index (χ0n) is 14.9. The monoisotopic (exact) mass is 364 g/mol. The Morgan fingerprint density at radius 3 is 2.78 bits per heavy atom. The van der Waals surface area contributed by atoms with Crippen LogP contribution >= 0.6 is 0 Å². The van der Waals surface area contributed by atoms with Gasteiger partial charge in [-0.15, -0.1) is 0 Å². The predicted molar refractivity (Wildman–Crippen MR) is 104 cm³/mol. The molecule has 3 aromatic rings. The summed E-state index contributed by atoms with van der Waals surface area (Å²) in [5.74, 6) is 0.262. The number of nitrogens with one attached hydrogen (secondary N) is 2. The lowest BCUT2D eigenvalue weighted by Crippen LogP contribution is -2.21. The van der Waals surface area contributed by atoms with Crippen molar-refractivity contribution in [3.63, 3.8) is 0 Å². The summed E-state index contributed by atoms with van der Waals surface area (Å²) in [7, 11) is 0. The number of carbonyl (C=O) groups is 1. The molecular weight excluding hydrogens is 344 g/mol. The number of rotatable bonds is 6. The molecule has 3 rings (SSSR count). The number of aromatic amines is 1. The zero-order valence-corrected chi connectivity index (χ0v) is 14.9. The summed E-state index contributed by atoms with van der Waals surface area (Å²) >= 11 is 0. The van der Waals surface area contributed by atoms with E-state index in [1.54, 1.807) is 36.5 Å². The van der Waals surface area contributed by atoms with Gasteiger partial charge < -0.3 is 14.9 Å². The fraction of sp³-hybridized carbons (Fsp3) is 0.200. The van der Waals surface area contributed by atoms with Crippen LogP contribution in [0.2, 0.25) is 0 Å². The predicted octanol–water partition coefficient (Wildman–Crippen LogP) is 2.19. The Morgan fingerprint density at radius 2 is 2.00 bits per heavy atom. The number of hydrogen-bond donors (Lipinski definition) is 2. The molecule has 1 amide bonds. The molecule has 0 saturated carbocycles. The zero-order chi connectivity index (χ0) is 19.2. The lowest BCUT2D eigenvalue weighted by molar-refractivity contribution is -0.116. The first-order valence-corrected chi connectivity index (χ1v) is 8.71. The third-order valence-electron chi connectivity index (χ3n) is 4.06. The number of aryl methyl sites for hydroxylation is 2. The number of nitrogens with zero attached hydrogens (tertiary/aromatic N) is 2. The topological polar surface area (TPSA) is 96.9 Å². The molecule has 0 fully saturated rings. The maximum absolute atomic E-state index is 12.2. The summed E-state index contributed by atoms with van der Waals surface area (Å²) < 4.78 is 1.49. The van der Waals surface area contributed by atoms with Crippen LogP contribution in [0.25, 0.3) is 11.4 Å². The number of pyridine rings is 1. The van der Waals surface area contributed by atoms with E-state index in [2.05, 4.69) is 15.3 Å². The summed E-state index contributed by atoms with van der Waals surface area (Å²) in [6.07, 6.45) is 2.49. The van der Waals surface area contributed by atoms with Crippen molar-refractivity contribution in [2.45, 2.75) is 26.3 Å². The average molecular weight is 364 g/mol. The van der Waals surface area contributed by atoms with Gasteiger partial charge in [-0.1, -0.05) is 25.1 Å². The van der Waals surface area contributed by atoms with E-state index in [1.165, 1.54) is 16.7 Å². The van der Waals surface area contributed by atoms with E-state index in [0.717, 1.165) is 0 Å². The fourth-order valence-electron chi connectivity index (χ4n) is 2.66. The molecule has 1 aromatic carbocycles. The van der Waals surface area contributed by atoms with Crippen LogP contribution in [0.3, 0.4) is 0 Å². The Hall–Kier alpha value is -3.48. The molecule has 7 heteroatoms. The Morgan fingerprint density at radius 1 is 1.15 bits per heavy atom. The highest BCUT2D eigenvalue weighted by Crippen LogP contribution is 2.19. The van der Waals surface area contributed by atoms with E-state index >= 15 is 0 Å². The van der Waals surface area contributed by atoms with E-state index in [0.29, 0.717) is 35.7 Å². The van der Waals surface area contributed by atoms with Crippen LogP contribution in [0.5, 0.6) is 0 Å². The molecule has 0 bridgehead atoms. The molecule has 2 aromatic heterocycles. The molecule has 7 nitrogen and oxygen atoms in total. The Bertz CT molecular complexity index is 1070. The van der Waals surface area contributed by atoms with Gasteiger partial charge in [-0.25, -0.2) is 4.98 Å². The van der Waals surface area contributed by atoms with E-state index < -0.39 is 0 Å². The summed E-state index contributed by atoms with van der Waals surface area (Å²) in [5.41, 5.74) is 1.66. The molecule has 0 saturated heterocycles. The smallest absolute Gasteiger partial charge is 0.251 e. The normalized spacial score (nSPS) is 10.6. The maximum Gasteiger partial charge on any atom is 0.251 e. The molecule has 27 heavy (non-hydrogen) atoms. The number of aromatic nitrogens is 3. The number of H-pyrrole nitrogens is 1. The standard InChI is InChI=1S/C20H20N4O3/c1-2-15-13-18(26)23-20(22-15)14-6-5-7-16(12-14)21-17(25)9-11-24-10-4-3-8-19(24)27/h3-8,10,12-13H,2,9,11H2,1H3,(H,21,25)(H,22,23,26). The molecule has 0 unspecified atom stereocenters. The molecule has 0 aliphatic heterocycles. The second-order valence-corrected chi connectivity index (χ2v) is 6.05. The molecule has 0 radical (unpaired) electrons. The van der Waals surface area contributed by atoms with E-state index in [-0.39, 0.29) is 23.4 Å². The van der Waals surface area contributed by atoms with Gasteiger partial charge in [0.2, 0.25) is 5.91 Å². The number of anilines is 1. The first-order chi connectivity index (χ1) is 13.0. The molecular formula is C20H20N4O3. The second-order valence-electron chi connectivity index (χ2n) is 6.05. The van der Waals surface area contributed by atoms with Crippen molar-refractivity contribution < 1.29 is 4.79 Å². The van der Waals surface area contributed by atoms with Crippen LogP contribution in [0.15, 0.2) is 64.3 Å². The SMILES string of the molecule is CCc1cc(=O)[nH]c(-c2cccc(NC(=O)CCn3ccccc3=O)c2)n1. The van der Waals surface area contributed by atoms with Gasteiger partial charge in [0, 0.05) is 48.2 Å². The van der Waals surface area contributed by atoms with Crippen LogP contribution in [-0.4, -0.2) is 20.4 Å². The van der Waals surface area contributed by atoms with Gasteiger partial charge in [0.25, 0.3) is 11.1 Å². The largest absolute Gasteiger partial charge is 0.326 e. The van der Waals surface area contributed by atoms with Gasteiger partial charge in [0.05, 0.1) is 0 Å². The van der Waals surface area contributed by atoms with Gasteiger partial charge in [0.1, 0.15) is 5.82 Å². The van der Waals surface area contributed by atoms with Crippen LogP contribution in [0, 0.1) is 0 Å². The first-order valence-electron chi connectivity index (χ1n) is 8.71. The van der Waals surface area contributed by atoms with Crippen molar-refractivity contribution in [3.8, 4) is 11.4 Å². The van der Waals surface area contributed by atoms with Crippen molar-refractivity contribution in [2.24, 2.45) is 0 Å². The molecule has 0 aliphatic rings. The number of hydrogen-bond acceptors (Lipinski definition) is 4. The van der Waals surface area contributed by atoms with Crippen LogP contribution in [0.1, 0.15) is 19.0 Å². The molecule has 138 valence electrons. The highest BCUT2D eigenvalue weighted by molar-refractivity contribution is 5.91. The van der Waals surface area contributed by atoms with E-state index in [1.807, 2.05) is 13.0 Å². The van der Waals surface area contributed by atoms with Crippen LogP contribution in [-0.2, 0) is 17.8 Å². The van der Waals surface area contributed by atoms with Crippen molar-refractivity contribution in [3.05, 3.63) is 81.1 Å². The van der Waals surface area contributed by atoms with Crippen LogP contribution < -0.4 is 16.4 Å². The highest BCUT2D eigenvalue weighted by Gasteiger charge is 2.07. The molecule has 2 heterocycles. The molecule has 2 N–H and O–H groups in total. The fourth-order valence-corrected chi connectivity index (χ4v) is 2.66. The van der Waals surface area contributed by atoms with Gasteiger partial charge in [0.15, 0.2) is 0 Å². The van der Waals surface area contributed by atoms with Crippen molar-refractivity contribution in [1.82, 2.24) is 14.5 Å². The third kappa shape index (κ3) is 4.78. The number of benzene rings is 1. The minimum absolute atomic E-state index is 0.141. The summed E-state index contributed by atoms with van der Waals surface area (Å²) in [5, 5.41) is 2.81. The maximum atomic E-state index is 12.2. The Kier molecular flexibility index (Phi) is 5.61. The molecule has 0 spiro atoms. The van der Waals surface area contributed by atoms with Crippen molar-refractivity contribution in [2.75, 3.05) is 5.32 Å². The lowest BCUT2D eigenvalue weighted by atomic mass is 10.1. The van der Waals surface area contributed by atoms with Crippen molar-refractivity contribution >= 4 is 11.6 Å². The van der Waals surface area contributed by atoms with Gasteiger partial charge >= 0.3 is 0 Å².